The Kier molecular flexibility index (Phi) is 10.6. The number of carbonyl (C=O) groups is 6. The van der Waals surface area contributed by atoms with Crippen LogP contribution in [0.15, 0.2) is 67.0 Å². The van der Waals surface area contributed by atoms with Crippen LogP contribution in [0.4, 0.5) is 5.69 Å². The lowest BCUT2D eigenvalue weighted by atomic mass is 9.98. The van der Waals surface area contributed by atoms with E-state index in [1.54, 1.807) is 35.4 Å². The lowest BCUT2D eigenvalue weighted by Gasteiger charge is -2.32. The highest BCUT2D eigenvalue weighted by atomic mass is 16.5. The van der Waals surface area contributed by atoms with Gasteiger partial charge in [0.05, 0.1) is 34.8 Å². The third-order valence-corrected chi connectivity index (χ3v) is 12.1. The molecule has 4 aliphatic rings. The van der Waals surface area contributed by atoms with Crippen molar-refractivity contribution in [3.63, 3.8) is 0 Å². The maximum atomic E-state index is 13.3. The summed E-state index contributed by atoms with van der Waals surface area (Å²) in [4.78, 5) is 93.9. The number of piperidine rings is 1. The van der Waals surface area contributed by atoms with E-state index in [0.29, 0.717) is 57.1 Å². The molecule has 312 valence electrons. The first-order valence-electron chi connectivity index (χ1n) is 20.7. The first-order chi connectivity index (χ1) is 29.6. The number of aromatic nitrogens is 4. The molecule has 0 radical (unpaired) electrons. The zero-order valence-corrected chi connectivity index (χ0v) is 33.9. The van der Waals surface area contributed by atoms with Crippen molar-refractivity contribution in [1.29, 1.82) is 0 Å². The number of pyridine rings is 2. The van der Waals surface area contributed by atoms with Crippen LogP contribution in [0.25, 0.3) is 33.3 Å². The van der Waals surface area contributed by atoms with E-state index >= 15 is 0 Å². The molecule has 0 bridgehead atoms. The minimum absolute atomic E-state index is 0.0513. The number of likely N-dealkylation sites (N-methyl/N-ethyl adjacent to an activating group) is 1. The lowest BCUT2D eigenvalue weighted by molar-refractivity contribution is -0.136. The molecule has 3 N–H and O–H groups in total. The molecule has 61 heavy (non-hydrogen) atoms. The molecule has 2 atom stereocenters. The summed E-state index contributed by atoms with van der Waals surface area (Å²) in [6.45, 7) is 4.65. The Morgan fingerprint density at radius 3 is 2.48 bits per heavy atom. The summed E-state index contributed by atoms with van der Waals surface area (Å²) in [5.41, 5.74) is 5.51. The lowest BCUT2D eigenvalue weighted by Crippen LogP contribution is -2.54. The second-order valence-electron chi connectivity index (χ2n) is 16.0. The third-order valence-electron chi connectivity index (χ3n) is 12.1. The largest absolute Gasteiger partial charge is 0.384 e. The van der Waals surface area contributed by atoms with E-state index in [1.807, 2.05) is 44.4 Å². The summed E-state index contributed by atoms with van der Waals surface area (Å²) in [5, 5.41) is 10.3. The number of hydrogen-bond donors (Lipinski definition) is 3. The standard InChI is InChI=1S/C45H45N9O7/c1-25-43(58)52(2)24-36-39(51-40(53(25)36)26-15-19-61-20-16-26)29-8-5-7-27-21-34(49-23-31(27)29)28-11-12-33(48-22-28)41(56)47-18-4-3-17-46-32-10-6-9-30-38(32)45(60)54(44(30)59)35-13-14-37(55)50-42(35)57/h5-12,21-23,25-26,35,46H,3-4,13-20,24H2,1-2H3,(H,47,56)(H,50,55,57)/t25-,35?/m1/s1. The van der Waals surface area contributed by atoms with Crippen LogP contribution in [0.2, 0.25) is 0 Å². The number of nitrogens with one attached hydrogen (secondary N) is 3. The van der Waals surface area contributed by atoms with Gasteiger partial charge in [0.1, 0.15) is 23.6 Å². The highest BCUT2D eigenvalue weighted by Gasteiger charge is 2.45. The summed E-state index contributed by atoms with van der Waals surface area (Å²) in [6, 6.07) is 15.2. The molecule has 16 heteroatoms. The van der Waals surface area contributed by atoms with Crippen LogP contribution in [0, 0.1) is 0 Å². The number of benzene rings is 2. The van der Waals surface area contributed by atoms with Crippen molar-refractivity contribution in [3.05, 3.63) is 95.3 Å². The Morgan fingerprint density at radius 1 is 0.902 bits per heavy atom. The van der Waals surface area contributed by atoms with E-state index in [9.17, 15) is 28.8 Å². The van der Waals surface area contributed by atoms with Crippen molar-refractivity contribution in [2.75, 3.05) is 38.7 Å². The van der Waals surface area contributed by atoms with Crippen molar-refractivity contribution in [1.82, 2.24) is 40.0 Å². The molecule has 2 aromatic carbocycles. The molecule has 16 nitrogen and oxygen atoms in total. The molecule has 3 aromatic heterocycles. The van der Waals surface area contributed by atoms with E-state index in [0.717, 1.165) is 56.9 Å². The topological polar surface area (TPSA) is 198 Å². The van der Waals surface area contributed by atoms with Gasteiger partial charge in [0.25, 0.3) is 17.7 Å². The highest BCUT2D eigenvalue weighted by Crippen LogP contribution is 2.40. The van der Waals surface area contributed by atoms with Crippen LogP contribution in [-0.2, 0) is 25.7 Å². The molecule has 4 aliphatic heterocycles. The molecular formula is C45H45N9O7. The second-order valence-corrected chi connectivity index (χ2v) is 16.0. The van der Waals surface area contributed by atoms with E-state index < -0.39 is 29.7 Å². The van der Waals surface area contributed by atoms with Crippen molar-refractivity contribution in [2.24, 2.45) is 0 Å². The Bertz CT molecular complexity index is 2620. The van der Waals surface area contributed by atoms with Gasteiger partial charge >= 0.3 is 0 Å². The van der Waals surface area contributed by atoms with E-state index in [-0.39, 0.29) is 53.4 Å². The number of ether oxygens (including phenoxy) is 1. The van der Waals surface area contributed by atoms with Crippen molar-refractivity contribution >= 4 is 51.9 Å². The van der Waals surface area contributed by atoms with Gasteiger partial charge in [0.15, 0.2) is 0 Å². The van der Waals surface area contributed by atoms with Gasteiger partial charge in [-0.3, -0.25) is 49.0 Å². The number of rotatable bonds is 11. The predicted molar refractivity (Wildman–Crippen MR) is 223 cm³/mol. The number of anilines is 1. The van der Waals surface area contributed by atoms with Crippen molar-refractivity contribution in [3.8, 4) is 22.5 Å². The molecule has 0 saturated carbocycles. The number of nitrogens with zero attached hydrogens (tertiary/aromatic N) is 6. The van der Waals surface area contributed by atoms with Crippen LogP contribution in [0.3, 0.4) is 0 Å². The molecule has 5 aromatic rings. The Labute approximate surface area is 351 Å². The summed E-state index contributed by atoms with van der Waals surface area (Å²) < 4.78 is 7.80. The first-order valence-corrected chi connectivity index (χ1v) is 20.7. The van der Waals surface area contributed by atoms with Crippen LogP contribution < -0.4 is 16.0 Å². The number of imidazole rings is 1. The van der Waals surface area contributed by atoms with Gasteiger partial charge in [0, 0.05) is 80.3 Å². The van der Waals surface area contributed by atoms with Gasteiger partial charge < -0.3 is 24.8 Å². The summed E-state index contributed by atoms with van der Waals surface area (Å²) >= 11 is 0. The Hall–Kier alpha value is -6.81. The fourth-order valence-corrected chi connectivity index (χ4v) is 8.90. The van der Waals surface area contributed by atoms with Crippen LogP contribution >= 0.6 is 0 Å². The number of amides is 6. The first kappa shape index (κ1) is 39.6. The molecule has 2 saturated heterocycles. The van der Waals surface area contributed by atoms with Gasteiger partial charge in [-0.1, -0.05) is 24.3 Å². The maximum absolute atomic E-state index is 13.3. The quantitative estimate of drug-likeness (QED) is 0.124. The van der Waals surface area contributed by atoms with E-state index in [4.69, 9.17) is 14.7 Å². The summed E-state index contributed by atoms with van der Waals surface area (Å²) in [7, 11) is 1.84. The minimum atomic E-state index is -1.03. The average Bonchev–Trinajstić information content (AvgIpc) is 3.78. The summed E-state index contributed by atoms with van der Waals surface area (Å²) in [5.74, 6) is -1.27. The van der Waals surface area contributed by atoms with Gasteiger partial charge in [-0.05, 0) is 74.7 Å². The van der Waals surface area contributed by atoms with E-state index in [1.165, 1.54) is 0 Å². The maximum Gasteiger partial charge on any atom is 0.269 e. The van der Waals surface area contributed by atoms with Crippen LogP contribution in [-0.4, -0.2) is 104 Å². The summed E-state index contributed by atoms with van der Waals surface area (Å²) in [6.07, 6.45) is 6.66. The zero-order valence-electron chi connectivity index (χ0n) is 33.9. The fraction of sp³-hybridized carbons (Fsp3) is 0.356. The number of imide groups is 2. The van der Waals surface area contributed by atoms with Crippen molar-refractivity contribution in [2.45, 2.75) is 70.0 Å². The fourth-order valence-electron chi connectivity index (χ4n) is 8.90. The monoisotopic (exact) mass is 823 g/mol. The van der Waals surface area contributed by atoms with Crippen molar-refractivity contribution < 1.29 is 33.5 Å². The van der Waals surface area contributed by atoms with Gasteiger partial charge in [-0.25, -0.2) is 4.98 Å². The van der Waals surface area contributed by atoms with Crippen LogP contribution in [0.1, 0.15) is 100 Å². The average molecular weight is 824 g/mol. The SMILES string of the molecule is C[C@@H]1C(=O)N(C)Cc2c(-c3cccc4cc(-c5ccc(C(=O)NCCCCNc6cccc7c6C(=O)N(C6CCC(=O)NC6=O)C7=O)nc5)ncc34)nc(C3CCOCC3)n21. The number of carbonyl (C=O) groups excluding carboxylic acids is 6. The third kappa shape index (κ3) is 7.30. The number of fused-ring (bicyclic) bond motifs is 3. The van der Waals surface area contributed by atoms with Crippen LogP contribution in [0.5, 0.6) is 0 Å². The normalized spacial score (nSPS) is 19.3. The number of hydrogen-bond acceptors (Lipinski definition) is 11. The Balaban J connectivity index is 0.818. The molecule has 7 heterocycles. The number of unbranched alkanes of at least 4 members (excludes halogenated alkanes) is 1. The Morgan fingerprint density at radius 2 is 1.69 bits per heavy atom. The molecule has 0 aliphatic carbocycles. The minimum Gasteiger partial charge on any atom is -0.384 e. The molecular weight excluding hydrogens is 779 g/mol. The molecule has 1 unspecified atom stereocenters. The second kappa shape index (κ2) is 16.3. The van der Waals surface area contributed by atoms with Gasteiger partial charge in [-0.15, -0.1) is 0 Å². The smallest absolute Gasteiger partial charge is 0.269 e. The molecule has 0 spiro atoms. The predicted octanol–water partition coefficient (Wildman–Crippen LogP) is 4.61. The molecule has 9 rings (SSSR count). The molecule has 2 fully saturated rings. The highest BCUT2D eigenvalue weighted by molar-refractivity contribution is 6.25. The van der Waals surface area contributed by atoms with Gasteiger partial charge in [-0.2, -0.15) is 0 Å². The van der Waals surface area contributed by atoms with E-state index in [2.05, 4.69) is 31.6 Å². The van der Waals surface area contributed by atoms with Gasteiger partial charge in [0.2, 0.25) is 17.7 Å². The molecule has 6 amide bonds. The zero-order chi connectivity index (χ0) is 42.4.